The molecule has 1 amide bonds. The summed E-state index contributed by atoms with van der Waals surface area (Å²) in [6.45, 7) is 0.176. The molecule has 0 spiro atoms. The van der Waals surface area contributed by atoms with Gasteiger partial charge in [0, 0.05) is 5.69 Å². The van der Waals surface area contributed by atoms with Crippen molar-refractivity contribution in [1.29, 1.82) is 5.26 Å². The van der Waals surface area contributed by atoms with Crippen molar-refractivity contribution in [2.24, 2.45) is 0 Å². The summed E-state index contributed by atoms with van der Waals surface area (Å²) in [5.74, 6) is -1.74. The van der Waals surface area contributed by atoms with Gasteiger partial charge >= 0.3 is 11.9 Å². The van der Waals surface area contributed by atoms with E-state index in [9.17, 15) is 19.6 Å². The van der Waals surface area contributed by atoms with Crippen LogP contribution in [0, 0.1) is 11.3 Å². The molecule has 3 aromatic carbocycles. The topological polar surface area (TPSA) is 126 Å². The molecule has 0 saturated carbocycles. The Morgan fingerprint density at radius 3 is 2.26 bits per heavy atom. The van der Waals surface area contributed by atoms with E-state index >= 15 is 0 Å². The molecule has 0 bridgehead atoms. The summed E-state index contributed by atoms with van der Waals surface area (Å²) in [4.78, 5) is 34.9. The van der Waals surface area contributed by atoms with E-state index < -0.39 is 17.8 Å². The highest BCUT2D eigenvalue weighted by Crippen LogP contribution is 2.27. The fraction of sp³-hybridized carbons (Fsp3) is 0.0769. The van der Waals surface area contributed by atoms with Gasteiger partial charge in [-0.15, -0.1) is 0 Å². The number of carboxylic acids is 1. The highest BCUT2D eigenvalue weighted by atomic mass is 35.5. The molecular weight excluding hydrogens is 472 g/mol. The molecule has 9 heteroatoms. The third-order valence-electron chi connectivity index (χ3n) is 4.79. The Morgan fingerprint density at radius 2 is 1.69 bits per heavy atom. The van der Waals surface area contributed by atoms with Crippen molar-refractivity contribution >= 4 is 41.2 Å². The molecule has 8 nitrogen and oxygen atoms in total. The first-order valence-electron chi connectivity index (χ1n) is 10.2. The summed E-state index contributed by atoms with van der Waals surface area (Å²) in [6.07, 6.45) is 1.39. The largest absolute Gasteiger partial charge is 0.487 e. The Balaban J connectivity index is 1.66. The molecule has 0 aliphatic rings. The number of carboxylic acid groups (broad SMARTS) is 1. The maximum absolute atomic E-state index is 12.5. The first-order valence-corrected chi connectivity index (χ1v) is 10.5. The lowest BCUT2D eigenvalue weighted by atomic mass is 10.1. The molecule has 176 valence electrons. The number of aromatic carboxylic acids is 1. The molecule has 0 atom stereocenters. The first kappa shape index (κ1) is 25.0. The van der Waals surface area contributed by atoms with E-state index in [-0.39, 0.29) is 22.8 Å². The lowest BCUT2D eigenvalue weighted by Crippen LogP contribution is -2.13. The summed E-state index contributed by atoms with van der Waals surface area (Å²) < 4.78 is 10.3. The van der Waals surface area contributed by atoms with Crippen LogP contribution in [0.4, 0.5) is 5.69 Å². The normalized spacial score (nSPS) is 10.7. The third-order valence-corrected chi connectivity index (χ3v) is 5.09. The van der Waals surface area contributed by atoms with E-state index in [0.29, 0.717) is 22.6 Å². The Labute approximate surface area is 206 Å². The van der Waals surface area contributed by atoms with Crippen LogP contribution in [-0.2, 0) is 16.1 Å². The number of nitrogens with one attached hydrogen (secondary N) is 1. The van der Waals surface area contributed by atoms with E-state index in [2.05, 4.69) is 10.1 Å². The average molecular weight is 491 g/mol. The molecule has 0 aliphatic carbocycles. The molecule has 2 N–H and O–H groups in total. The van der Waals surface area contributed by atoms with E-state index in [1.807, 2.05) is 6.07 Å². The van der Waals surface area contributed by atoms with Gasteiger partial charge in [0.05, 0.1) is 23.3 Å². The van der Waals surface area contributed by atoms with Gasteiger partial charge in [0.15, 0.2) is 0 Å². The minimum absolute atomic E-state index is 0.148. The standard InChI is InChI=1S/C26H19ClN2O6/c1-34-26(33)19-7-9-21(10-8-19)29-24(30)20(14-28)12-17-4-11-23(22(27)13-17)35-15-16-2-5-18(6-3-16)25(31)32/h2-13H,15H2,1H3,(H,29,30)(H,31,32)/b20-12+. The van der Waals surface area contributed by atoms with Gasteiger partial charge < -0.3 is 19.9 Å². The molecule has 0 fully saturated rings. The number of nitriles is 1. The Bertz CT molecular complexity index is 1330. The number of rotatable bonds is 8. The Morgan fingerprint density at radius 1 is 1.03 bits per heavy atom. The number of carbonyl (C=O) groups is 3. The second kappa shape index (κ2) is 11.5. The summed E-state index contributed by atoms with van der Waals surface area (Å²) >= 11 is 6.30. The van der Waals surface area contributed by atoms with Crippen LogP contribution in [0.1, 0.15) is 31.8 Å². The number of hydrogen-bond donors (Lipinski definition) is 2. The predicted molar refractivity (Wildman–Crippen MR) is 129 cm³/mol. The molecule has 0 heterocycles. The van der Waals surface area contributed by atoms with E-state index in [1.54, 1.807) is 30.3 Å². The van der Waals surface area contributed by atoms with Crippen molar-refractivity contribution in [3.63, 3.8) is 0 Å². The van der Waals surface area contributed by atoms with Gasteiger partial charge in [0.1, 0.15) is 24.0 Å². The fourth-order valence-corrected chi connectivity index (χ4v) is 3.19. The van der Waals surface area contributed by atoms with Crippen molar-refractivity contribution < 1.29 is 29.0 Å². The number of halogens is 1. The molecule has 0 radical (unpaired) electrons. The summed E-state index contributed by atoms with van der Waals surface area (Å²) in [6, 6.07) is 19.0. The highest BCUT2D eigenvalue weighted by Gasteiger charge is 2.12. The van der Waals surface area contributed by atoms with Crippen molar-refractivity contribution in [3.05, 3.63) is 99.6 Å². The Kier molecular flexibility index (Phi) is 8.22. The van der Waals surface area contributed by atoms with Crippen molar-refractivity contribution in [3.8, 4) is 11.8 Å². The second-order valence-corrected chi connectivity index (χ2v) is 7.58. The number of carbonyl (C=O) groups excluding carboxylic acids is 2. The minimum Gasteiger partial charge on any atom is -0.487 e. The molecule has 3 aromatic rings. The van der Waals surface area contributed by atoms with Crippen LogP contribution in [0.5, 0.6) is 5.75 Å². The Hall–Kier alpha value is -4.61. The van der Waals surface area contributed by atoms with Crippen LogP contribution >= 0.6 is 11.6 Å². The number of anilines is 1. The lowest BCUT2D eigenvalue weighted by Gasteiger charge is -2.09. The molecule has 0 unspecified atom stereocenters. The summed E-state index contributed by atoms with van der Waals surface area (Å²) in [5, 5.41) is 21.3. The van der Waals surface area contributed by atoms with Crippen LogP contribution in [-0.4, -0.2) is 30.1 Å². The number of nitrogens with zero attached hydrogens (tertiary/aromatic N) is 1. The van der Waals surface area contributed by atoms with Crippen molar-refractivity contribution in [1.82, 2.24) is 0 Å². The summed E-state index contributed by atoms with van der Waals surface area (Å²) in [5.41, 5.74) is 2.04. The number of benzene rings is 3. The van der Waals surface area contributed by atoms with Crippen LogP contribution in [0.15, 0.2) is 72.3 Å². The van der Waals surface area contributed by atoms with E-state index in [0.717, 1.165) is 5.56 Å². The average Bonchev–Trinajstić information content (AvgIpc) is 2.86. The fourth-order valence-electron chi connectivity index (χ4n) is 2.95. The van der Waals surface area contributed by atoms with Crippen molar-refractivity contribution in [2.45, 2.75) is 6.61 Å². The van der Waals surface area contributed by atoms with E-state index in [4.69, 9.17) is 21.4 Å². The van der Waals surface area contributed by atoms with Gasteiger partial charge in [0.2, 0.25) is 0 Å². The van der Waals surface area contributed by atoms with Gasteiger partial charge in [0.25, 0.3) is 5.91 Å². The quantitative estimate of drug-likeness (QED) is 0.260. The van der Waals surface area contributed by atoms with Gasteiger partial charge in [-0.3, -0.25) is 4.79 Å². The number of esters is 1. The number of amides is 1. The van der Waals surface area contributed by atoms with E-state index in [1.165, 1.54) is 49.6 Å². The molecule has 3 rings (SSSR count). The number of methoxy groups -OCH3 is 1. The minimum atomic E-state index is -1.01. The second-order valence-electron chi connectivity index (χ2n) is 7.17. The summed E-state index contributed by atoms with van der Waals surface area (Å²) in [7, 11) is 1.27. The van der Waals surface area contributed by atoms with Crippen LogP contribution in [0.25, 0.3) is 6.08 Å². The van der Waals surface area contributed by atoms with Crippen molar-refractivity contribution in [2.75, 3.05) is 12.4 Å². The lowest BCUT2D eigenvalue weighted by molar-refractivity contribution is -0.112. The molecule has 0 saturated heterocycles. The SMILES string of the molecule is COC(=O)c1ccc(NC(=O)/C(C#N)=C/c2ccc(OCc3ccc(C(=O)O)cc3)c(Cl)c2)cc1. The van der Waals surface area contributed by atoms with Gasteiger partial charge in [-0.05, 0) is 65.7 Å². The van der Waals surface area contributed by atoms with Crippen LogP contribution in [0.2, 0.25) is 5.02 Å². The van der Waals surface area contributed by atoms with Crippen LogP contribution in [0.3, 0.4) is 0 Å². The number of ether oxygens (including phenoxy) is 2. The van der Waals surface area contributed by atoms with Crippen LogP contribution < -0.4 is 10.1 Å². The smallest absolute Gasteiger partial charge is 0.337 e. The first-order chi connectivity index (χ1) is 16.8. The maximum Gasteiger partial charge on any atom is 0.337 e. The molecule has 0 aromatic heterocycles. The number of hydrogen-bond acceptors (Lipinski definition) is 6. The molecule has 0 aliphatic heterocycles. The maximum atomic E-state index is 12.5. The zero-order valence-electron chi connectivity index (χ0n) is 18.4. The van der Waals surface area contributed by atoms with Gasteiger partial charge in [-0.2, -0.15) is 5.26 Å². The van der Waals surface area contributed by atoms with Gasteiger partial charge in [-0.25, -0.2) is 9.59 Å². The highest BCUT2D eigenvalue weighted by molar-refractivity contribution is 6.32. The zero-order valence-corrected chi connectivity index (χ0v) is 19.2. The monoisotopic (exact) mass is 490 g/mol. The molecular formula is C26H19ClN2O6. The zero-order chi connectivity index (χ0) is 25.4. The third kappa shape index (κ3) is 6.69. The molecule has 35 heavy (non-hydrogen) atoms. The van der Waals surface area contributed by atoms with Gasteiger partial charge in [-0.1, -0.05) is 29.8 Å². The predicted octanol–water partition coefficient (Wildman–Crippen LogP) is 4.95.